The number of amides is 3. The summed E-state index contributed by atoms with van der Waals surface area (Å²) >= 11 is 0. The molecule has 2 aliphatic rings. The number of likely N-dealkylation sites (tertiary alicyclic amines) is 2. The highest BCUT2D eigenvalue weighted by Crippen LogP contribution is 2.20. The number of carbonyl (C=O) groups excluding carboxylic acids is 2. The van der Waals surface area contributed by atoms with Gasteiger partial charge in [0.15, 0.2) is 5.69 Å². The Labute approximate surface area is 154 Å². The largest absolute Gasteiger partial charge is 0.338 e. The smallest absolute Gasteiger partial charge is 0.317 e. The minimum atomic E-state index is -0.0213. The predicted molar refractivity (Wildman–Crippen MR) is 97.8 cm³/mol. The highest BCUT2D eigenvalue weighted by molar-refractivity contribution is 5.92. The summed E-state index contributed by atoms with van der Waals surface area (Å²) in [5, 5.41) is 11.1. The first-order valence-corrected chi connectivity index (χ1v) is 9.93. The van der Waals surface area contributed by atoms with Crippen molar-refractivity contribution in [1.82, 2.24) is 30.1 Å². The molecule has 0 radical (unpaired) electrons. The second kappa shape index (κ2) is 9.00. The predicted octanol–water partition coefficient (Wildman–Crippen LogP) is 1.88. The van der Waals surface area contributed by atoms with Crippen LogP contribution in [0, 0.1) is 0 Å². The molecule has 26 heavy (non-hydrogen) atoms. The maximum Gasteiger partial charge on any atom is 0.317 e. The van der Waals surface area contributed by atoms with Gasteiger partial charge in [0.25, 0.3) is 5.91 Å². The average molecular weight is 362 g/mol. The van der Waals surface area contributed by atoms with Crippen LogP contribution in [0.25, 0.3) is 0 Å². The third kappa shape index (κ3) is 4.53. The zero-order valence-electron chi connectivity index (χ0n) is 15.7. The van der Waals surface area contributed by atoms with E-state index in [1.54, 1.807) is 10.9 Å². The number of rotatable bonds is 6. The summed E-state index contributed by atoms with van der Waals surface area (Å²) in [7, 11) is 0. The molecule has 1 aromatic rings. The van der Waals surface area contributed by atoms with Gasteiger partial charge in [-0.25, -0.2) is 4.79 Å². The standard InChI is InChI=1S/C18H30N6O2/c1-2-9-19-18(26)24-12-4-3-7-15(24)8-13-23-14-16(20-21-23)17(25)22-10-5-6-11-22/h14-15H,2-13H2,1H3,(H,19,26). The average Bonchev–Trinajstić information content (AvgIpc) is 3.36. The van der Waals surface area contributed by atoms with Gasteiger partial charge in [-0.15, -0.1) is 5.10 Å². The van der Waals surface area contributed by atoms with E-state index in [2.05, 4.69) is 22.6 Å². The maximum atomic E-state index is 12.4. The highest BCUT2D eigenvalue weighted by Gasteiger charge is 2.27. The van der Waals surface area contributed by atoms with Crippen molar-refractivity contribution < 1.29 is 9.59 Å². The van der Waals surface area contributed by atoms with E-state index >= 15 is 0 Å². The van der Waals surface area contributed by atoms with E-state index in [1.165, 1.54) is 0 Å². The van der Waals surface area contributed by atoms with Crippen molar-refractivity contribution in [1.29, 1.82) is 0 Å². The Kier molecular flexibility index (Phi) is 6.46. The number of aryl methyl sites for hydroxylation is 1. The van der Waals surface area contributed by atoms with Crippen LogP contribution in [0.2, 0.25) is 0 Å². The van der Waals surface area contributed by atoms with Gasteiger partial charge in [0.1, 0.15) is 0 Å². The number of aromatic nitrogens is 3. The van der Waals surface area contributed by atoms with Gasteiger partial charge in [0.2, 0.25) is 0 Å². The Morgan fingerprint density at radius 3 is 2.73 bits per heavy atom. The molecule has 8 heteroatoms. The topological polar surface area (TPSA) is 83.4 Å². The lowest BCUT2D eigenvalue weighted by molar-refractivity contribution is 0.0787. The van der Waals surface area contributed by atoms with Crippen LogP contribution in [-0.2, 0) is 6.54 Å². The van der Waals surface area contributed by atoms with Gasteiger partial charge in [-0.2, -0.15) is 0 Å². The molecule has 2 fully saturated rings. The van der Waals surface area contributed by atoms with Crippen molar-refractivity contribution in [2.45, 2.75) is 64.5 Å². The number of hydrogen-bond donors (Lipinski definition) is 1. The van der Waals surface area contributed by atoms with E-state index in [0.29, 0.717) is 18.8 Å². The molecular formula is C18H30N6O2. The van der Waals surface area contributed by atoms with Crippen LogP contribution in [-0.4, -0.2) is 69.0 Å². The lowest BCUT2D eigenvalue weighted by atomic mass is 10.00. The molecule has 0 aliphatic carbocycles. The summed E-state index contributed by atoms with van der Waals surface area (Å²) in [5.41, 5.74) is 0.424. The fourth-order valence-electron chi connectivity index (χ4n) is 3.77. The molecule has 3 amide bonds. The van der Waals surface area contributed by atoms with Crippen LogP contribution < -0.4 is 5.32 Å². The first kappa shape index (κ1) is 18.7. The number of nitrogens with zero attached hydrogens (tertiary/aromatic N) is 5. The number of urea groups is 1. The summed E-state index contributed by atoms with van der Waals surface area (Å²) < 4.78 is 1.74. The van der Waals surface area contributed by atoms with Crippen molar-refractivity contribution in [3.63, 3.8) is 0 Å². The van der Waals surface area contributed by atoms with Crippen LogP contribution in [0.1, 0.15) is 62.4 Å². The van der Waals surface area contributed by atoms with E-state index in [1.807, 2.05) is 9.80 Å². The molecule has 8 nitrogen and oxygen atoms in total. The maximum absolute atomic E-state index is 12.4. The zero-order valence-corrected chi connectivity index (χ0v) is 15.7. The lowest BCUT2D eigenvalue weighted by Gasteiger charge is -2.35. The molecule has 2 aliphatic heterocycles. The number of hydrogen-bond acceptors (Lipinski definition) is 4. The van der Waals surface area contributed by atoms with Crippen molar-refractivity contribution in [2.75, 3.05) is 26.2 Å². The van der Waals surface area contributed by atoms with Crippen molar-refractivity contribution in [3.8, 4) is 0 Å². The Hall–Kier alpha value is -2.12. The summed E-state index contributed by atoms with van der Waals surface area (Å²) in [6.07, 6.45) is 8.89. The summed E-state index contributed by atoms with van der Waals surface area (Å²) in [6, 6.07) is 0.266. The second-order valence-electron chi connectivity index (χ2n) is 7.23. The summed E-state index contributed by atoms with van der Waals surface area (Å²) in [6.45, 7) is 5.89. The first-order chi connectivity index (χ1) is 12.7. The molecule has 2 saturated heterocycles. The molecule has 0 bridgehead atoms. The van der Waals surface area contributed by atoms with Crippen molar-refractivity contribution in [2.24, 2.45) is 0 Å². The molecule has 1 N–H and O–H groups in total. The minimum Gasteiger partial charge on any atom is -0.338 e. The second-order valence-corrected chi connectivity index (χ2v) is 7.23. The van der Waals surface area contributed by atoms with E-state index in [-0.39, 0.29) is 18.0 Å². The molecule has 0 aromatic carbocycles. The first-order valence-electron chi connectivity index (χ1n) is 9.93. The Morgan fingerprint density at radius 2 is 1.96 bits per heavy atom. The minimum absolute atomic E-state index is 0.0213. The van der Waals surface area contributed by atoms with Crippen LogP contribution in [0.15, 0.2) is 6.20 Å². The molecule has 3 rings (SSSR count). The Balaban J connectivity index is 1.53. The van der Waals surface area contributed by atoms with E-state index in [0.717, 1.165) is 64.6 Å². The zero-order chi connectivity index (χ0) is 18.4. The SMILES string of the molecule is CCCNC(=O)N1CCCCC1CCn1cc(C(=O)N2CCCC2)nn1. The van der Waals surface area contributed by atoms with Crippen LogP contribution in [0.5, 0.6) is 0 Å². The Morgan fingerprint density at radius 1 is 1.19 bits per heavy atom. The fourth-order valence-corrected chi connectivity index (χ4v) is 3.77. The third-order valence-electron chi connectivity index (χ3n) is 5.26. The third-order valence-corrected chi connectivity index (χ3v) is 5.26. The molecule has 0 spiro atoms. The number of carbonyl (C=O) groups is 2. The van der Waals surface area contributed by atoms with Gasteiger partial charge in [-0.3, -0.25) is 9.48 Å². The van der Waals surface area contributed by atoms with Gasteiger partial charge >= 0.3 is 6.03 Å². The molecular weight excluding hydrogens is 332 g/mol. The molecule has 0 saturated carbocycles. The van der Waals surface area contributed by atoms with Crippen LogP contribution >= 0.6 is 0 Å². The van der Waals surface area contributed by atoms with Crippen LogP contribution in [0.4, 0.5) is 4.79 Å². The van der Waals surface area contributed by atoms with Gasteiger partial charge in [-0.1, -0.05) is 12.1 Å². The molecule has 1 unspecified atom stereocenters. The van der Waals surface area contributed by atoms with Gasteiger partial charge < -0.3 is 15.1 Å². The number of piperidine rings is 1. The summed E-state index contributed by atoms with van der Waals surface area (Å²) in [5.74, 6) is -0.0213. The van der Waals surface area contributed by atoms with Gasteiger partial charge in [0.05, 0.1) is 6.20 Å². The normalized spacial score (nSPS) is 20.4. The van der Waals surface area contributed by atoms with E-state index < -0.39 is 0 Å². The van der Waals surface area contributed by atoms with Gasteiger partial charge in [-0.05, 0) is 44.9 Å². The Bertz CT molecular complexity index is 611. The van der Waals surface area contributed by atoms with Gasteiger partial charge in [0, 0.05) is 38.8 Å². The van der Waals surface area contributed by atoms with Crippen LogP contribution in [0.3, 0.4) is 0 Å². The molecule has 1 aromatic heterocycles. The van der Waals surface area contributed by atoms with Crippen molar-refractivity contribution >= 4 is 11.9 Å². The highest BCUT2D eigenvalue weighted by atomic mass is 16.2. The summed E-state index contributed by atoms with van der Waals surface area (Å²) in [4.78, 5) is 28.5. The fraction of sp³-hybridized carbons (Fsp3) is 0.778. The molecule has 3 heterocycles. The quantitative estimate of drug-likeness (QED) is 0.837. The molecule has 1 atom stereocenters. The monoisotopic (exact) mass is 362 g/mol. The number of nitrogens with one attached hydrogen (secondary N) is 1. The lowest BCUT2D eigenvalue weighted by Crippen LogP contribution is -2.49. The van der Waals surface area contributed by atoms with E-state index in [4.69, 9.17) is 0 Å². The van der Waals surface area contributed by atoms with Crippen molar-refractivity contribution in [3.05, 3.63) is 11.9 Å². The molecule has 144 valence electrons. The van der Waals surface area contributed by atoms with E-state index in [9.17, 15) is 9.59 Å².